The first-order chi connectivity index (χ1) is 9.08. The third-order valence-electron chi connectivity index (χ3n) is 3.89. The summed E-state index contributed by atoms with van der Waals surface area (Å²) in [7, 11) is 0. The molecule has 1 aromatic rings. The van der Waals surface area contributed by atoms with E-state index in [1.54, 1.807) is 6.07 Å². The number of hydrogen-bond acceptors (Lipinski definition) is 3. The summed E-state index contributed by atoms with van der Waals surface area (Å²) in [6.45, 7) is 5.96. The van der Waals surface area contributed by atoms with Crippen LogP contribution in [0.3, 0.4) is 0 Å². The van der Waals surface area contributed by atoms with Crippen molar-refractivity contribution in [3.8, 4) is 0 Å². The highest BCUT2D eigenvalue weighted by Crippen LogP contribution is 2.32. The molecule has 1 fully saturated rings. The lowest BCUT2D eigenvalue weighted by atomic mass is 9.90. The van der Waals surface area contributed by atoms with E-state index in [-0.39, 0.29) is 6.61 Å². The predicted octanol–water partition coefficient (Wildman–Crippen LogP) is 2.50. The van der Waals surface area contributed by atoms with Crippen molar-refractivity contribution in [3.63, 3.8) is 0 Å². The number of nitrogens with zero attached hydrogens (tertiary/aromatic N) is 1. The molecule has 1 aliphatic heterocycles. The number of aliphatic hydroxyl groups is 1. The summed E-state index contributed by atoms with van der Waals surface area (Å²) in [4.78, 5) is 2.31. The van der Waals surface area contributed by atoms with Crippen molar-refractivity contribution in [1.29, 1.82) is 0 Å². The van der Waals surface area contributed by atoms with Gasteiger partial charge in [0.05, 0.1) is 22.2 Å². The van der Waals surface area contributed by atoms with Crippen molar-refractivity contribution in [2.45, 2.75) is 18.9 Å². The van der Waals surface area contributed by atoms with E-state index in [1.807, 2.05) is 12.1 Å². The van der Waals surface area contributed by atoms with Gasteiger partial charge in [0.2, 0.25) is 0 Å². The van der Waals surface area contributed by atoms with Crippen LogP contribution in [0.25, 0.3) is 0 Å². The zero-order chi connectivity index (χ0) is 13.9. The summed E-state index contributed by atoms with van der Waals surface area (Å²) in [5.74, 6) is 0. The minimum atomic E-state index is -0.416. The number of nitrogens with one attached hydrogen (secondary N) is 1. The highest BCUT2D eigenvalue weighted by Gasteiger charge is 2.33. The molecule has 1 heterocycles. The first-order valence-corrected chi connectivity index (χ1v) is 7.35. The Morgan fingerprint density at radius 2 is 2.05 bits per heavy atom. The molecule has 19 heavy (non-hydrogen) atoms. The summed E-state index contributed by atoms with van der Waals surface area (Å²) in [5.41, 5.74) is 0.589. The Bertz CT molecular complexity index is 433. The fourth-order valence-electron chi connectivity index (χ4n) is 2.54. The monoisotopic (exact) mass is 302 g/mol. The van der Waals surface area contributed by atoms with Gasteiger partial charge in [-0.1, -0.05) is 29.3 Å². The third-order valence-corrected chi connectivity index (χ3v) is 4.63. The van der Waals surface area contributed by atoms with E-state index in [0.717, 1.165) is 38.2 Å². The third kappa shape index (κ3) is 3.23. The number of aliphatic hydroxyl groups excluding tert-OH is 1. The van der Waals surface area contributed by atoms with Gasteiger partial charge in [0.15, 0.2) is 0 Å². The van der Waals surface area contributed by atoms with Crippen LogP contribution in [-0.4, -0.2) is 42.8 Å². The van der Waals surface area contributed by atoms with Gasteiger partial charge in [-0.3, -0.25) is 4.90 Å². The molecule has 3 nitrogen and oxygen atoms in total. The van der Waals surface area contributed by atoms with Gasteiger partial charge >= 0.3 is 0 Å². The van der Waals surface area contributed by atoms with Crippen LogP contribution < -0.4 is 5.32 Å². The van der Waals surface area contributed by atoms with E-state index in [2.05, 4.69) is 17.1 Å². The highest BCUT2D eigenvalue weighted by molar-refractivity contribution is 6.42. The molecule has 106 valence electrons. The molecule has 1 saturated heterocycles. The van der Waals surface area contributed by atoms with Crippen LogP contribution in [0.1, 0.15) is 18.9 Å². The Labute approximate surface area is 124 Å². The summed E-state index contributed by atoms with van der Waals surface area (Å²) in [6, 6.07) is 5.60. The van der Waals surface area contributed by atoms with Crippen molar-refractivity contribution in [3.05, 3.63) is 33.8 Å². The molecular weight excluding hydrogens is 283 g/mol. The van der Waals surface area contributed by atoms with Gasteiger partial charge in [0, 0.05) is 19.6 Å². The van der Waals surface area contributed by atoms with Gasteiger partial charge in [0.25, 0.3) is 0 Å². The molecule has 2 rings (SSSR count). The maximum absolute atomic E-state index is 9.90. The second-order valence-electron chi connectivity index (χ2n) is 5.15. The van der Waals surface area contributed by atoms with Crippen molar-refractivity contribution >= 4 is 23.2 Å². The number of halogens is 2. The van der Waals surface area contributed by atoms with Gasteiger partial charge in [-0.15, -0.1) is 0 Å². The first kappa shape index (κ1) is 15.1. The second kappa shape index (κ2) is 6.42. The minimum Gasteiger partial charge on any atom is -0.394 e. The van der Waals surface area contributed by atoms with E-state index in [1.165, 1.54) is 0 Å². The van der Waals surface area contributed by atoms with Crippen LogP contribution in [0.2, 0.25) is 10.0 Å². The van der Waals surface area contributed by atoms with E-state index in [0.29, 0.717) is 10.0 Å². The maximum Gasteiger partial charge on any atom is 0.0666 e. The van der Waals surface area contributed by atoms with E-state index in [9.17, 15) is 5.11 Å². The van der Waals surface area contributed by atoms with Gasteiger partial charge in [-0.25, -0.2) is 0 Å². The Balaban J connectivity index is 2.31. The van der Waals surface area contributed by atoms with E-state index >= 15 is 0 Å². The standard InChI is InChI=1S/C14H20Cl2N2O/c1-14(10-19,18-7-2-5-17-6-8-18)11-3-4-12(15)13(16)9-11/h3-4,9,17,19H,2,5-8,10H2,1H3. The zero-order valence-corrected chi connectivity index (χ0v) is 12.6. The minimum absolute atomic E-state index is 0.0605. The molecular formula is C14H20Cl2N2O. The molecule has 0 saturated carbocycles. The van der Waals surface area contributed by atoms with Crippen molar-refractivity contribution < 1.29 is 5.11 Å². The van der Waals surface area contributed by atoms with Crippen molar-refractivity contribution in [2.75, 3.05) is 32.8 Å². The fourth-order valence-corrected chi connectivity index (χ4v) is 2.84. The average molecular weight is 303 g/mol. The summed E-state index contributed by atoms with van der Waals surface area (Å²) in [5, 5.41) is 14.4. The molecule has 0 radical (unpaired) electrons. The topological polar surface area (TPSA) is 35.5 Å². The van der Waals surface area contributed by atoms with Crippen LogP contribution in [-0.2, 0) is 5.54 Å². The van der Waals surface area contributed by atoms with Crippen LogP contribution in [0.5, 0.6) is 0 Å². The van der Waals surface area contributed by atoms with Crippen LogP contribution in [0.15, 0.2) is 18.2 Å². The molecule has 1 atom stereocenters. The predicted molar refractivity (Wildman–Crippen MR) is 80.0 cm³/mol. The Morgan fingerprint density at radius 1 is 1.26 bits per heavy atom. The molecule has 0 aliphatic carbocycles. The Morgan fingerprint density at radius 3 is 2.74 bits per heavy atom. The lowest BCUT2D eigenvalue weighted by Gasteiger charge is -2.40. The van der Waals surface area contributed by atoms with Crippen LogP contribution >= 0.6 is 23.2 Å². The normalized spacial score (nSPS) is 20.8. The molecule has 1 unspecified atom stereocenters. The lowest BCUT2D eigenvalue weighted by Crippen LogP contribution is -2.48. The zero-order valence-electron chi connectivity index (χ0n) is 11.1. The van der Waals surface area contributed by atoms with E-state index < -0.39 is 5.54 Å². The molecule has 0 amide bonds. The molecule has 1 aliphatic rings. The Hall–Kier alpha value is -0.320. The van der Waals surface area contributed by atoms with E-state index in [4.69, 9.17) is 23.2 Å². The van der Waals surface area contributed by atoms with Gasteiger partial charge in [-0.2, -0.15) is 0 Å². The molecule has 5 heteroatoms. The quantitative estimate of drug-likeness (QED) is 0.900. The van der Waals surface area contributed by atoms with Crippen LogP contribution in [0.4, 0.5) is 0 Å². The Kier molecular flexibility index (Phi) is 5.09. The smallest absolute Gasteiger partial charge is 0.0666 e. The largest absolute Gasteiger partial charge is 0.394 e. The molecule has 0 aromatic heterocycles. The fraction of sp³-hybridized carbons (Fsp3) is 0.571. The maximum atomic E-state index is 9.90. The second-order valence-corrected chi connectivity index (χ2v) is 5.97. The van der Waals surface area contributed by atoms with Gasteiger partial charge in [0.1, 0.15) is 0 Å². The summed E-state index contributed by atoms with van der Waals surface area (Å²) < 4.78 is 0. The van der Waals surface area contributed by atoms with Gasteiger partial charge < -0.3 is 10.4 Å². The number of hydrogen-bond donors (Lipinski definition) is 2. The molecule has 2 N–H and O–H groups in total. The number of benzene rings is 1. The summed E-state index contributed by atoms with van der Waals surface area (Å²) in [6.07, 6.45) is 1.08. The molecule has 0 spiro atoms. The SMILES string of the molecule is CC(CO)(c1ccc(Cl)c(Cl)c1)N1CCCNCC1. The lowest BCUT2D eigenvalue weighted by molar-refractivity contribution is 0.0453. The average Bonchev–Trinajstić information content (AvgIpc) is 2.70. The molecule has 0 bridgehead atoms. The van der Waals surface area contributed by atoms with Gasteiger partial charge in [-0.05, 0) is 37.6 Å². The van der Waals surface area contributed by atoms with Crippen LogP contribution in [0, 0.1) is 0 Å². The van der Waals surface area contributed by atoms with Crippen molar-refractivity contribution in [1.82, 2.24) is 10.2 Å². The molecule has 1 aromatic carbocycles. The first-order valence-electron chi connectivity index (χ1n) is 6.60. The summed E-state index contributed by atoms with van der Waals surface area (Å²) >= 11 is 12.1. The highest BCUT2D eigenvalue weighted by atomic mass is 35.5. The van der Waals surface area contributed by atoms with Crippen molar-refractivity contribution in [2.24, 2.45) is 0 Å². The number of rotatable bonds is 3.